The fraction of sp³-hybridized carbons (Fsp3) is 0.118. The third-order valence-electron chi connectivity index (χ3n) is 3.91. The van der Waals surface area contributed by atoms with Gasteiger partial charge in [-0.2, -0.15) is 0 Å². The number of aromatic nitrogens is 1. The first kappa shape index (κ1) is 11.3. The summed E-state index contributed by atoms with van der Waals surface area (Å²) in [4.78, 5) is 17.8. The van der Waals surface area contributed by atoms with Crippen molar-refractivity contribution in [2.45, 2.75) is 13.1 Å². The smallest absolute Gasteiger partial charge is 0.254 e. The second kappa shape index (κ2) is 4.23. The first-order valence-corrected chi connectivity index (χ1v) is 6.76. The zero-order valence-electron chi connectivity index (χ0n) is 11.0. The van der Waals surface area contributed by atoms with Crippen molar-refractivity contribution < 1.29 is 4.79 Å². The molecule has 3 aromatic rings. The predicted molar refractivity (Wildman–Crippen MR) is 78.3 cm³/mol. The van der Waals surface area contributed by atoms with Gasteiger partial charge in [-0.25, -0.2) is 0 Å². The third-order valence-corrected chi connectivity index (χ3v) is 3.91. The lowest BCUT2D eigenvalue weighted by molar-refractivity contribution is 0.0750. The molecule has 0 atom stereocenters. The SMILES string of the molecule is O=C(c1ccccc1)N1Cc2[nH]c3ccccc3c2C1. The summed E-state index contributed by atoms with van der Waals surface area (Å²) < 4.78 is 0. The Balaban J connectivity index is 1.67. The largest absolute Gasteiger partial charge is 0.357 e. The Morgan fingerprint density at radius 3 is 2.55 bits per heavy atom. The van der Waals surface area contributed by atoms with Gasteiger partial charge < -0.3 is 9.88 Å². The number of nitrogens with zero attached hydrogens (tertiary/aromatic N) is 1. The van der Waals surface area contributed by atoms with Crippen LogP contribution in [0.4, 0.5) is 0 Å². The maximum absolute atomic E-state index is 12.5. The average Bonchev–Trinajstić information content (AvgIpc) is 3.05. The number of aromatic amines is 1. The number of hydrogen-bond acceptors (Lipinski definition) is 1. The molecule has 3 heteroatoms. The van der Waals surface area contributed by atoms with E-state index in [0.717, 1.165) is 16.8 Å². The van der Waals surface area contributed by atoms with Crippen molar-refractivity contribution in [3.63, 3.8) is 0 Å². The second-order valence-corrected chi connectivity index (χ2v) is 5.15. The van der Waals surface area contributed by atoms with E-state index in [-0.39, 0.29) is 5.91 Å². The summed E-state index contributed by atoms with van der Waals surface area (Å²) in [6.07, 6.45) is 0. The molecule has 3 nitrogen and oxygen atoms in total. The van der Waals surface area contributed by atoms with Gasteiger partial charge in [-0.3, -0.25) is 4.79 Å². The fourth-order valence-corrected chi connectivity index (χ4v) is 2.92. The molecule has 2 aromatic carbocycles. The van der Waals surface area contributed by atoms with Crippen molar-refractivity contribution in [1.29, 1.82) is 0 Å². The Kier molecular flexibility index (Phi) is 2.39. The molecule has 1 aliphatic rings. The number of fused-ring (bicyclic) bond motifs is 3. The minimum atomic E-state index is 0.0966. The molecular formula is C17H14N2O. The highest BCUT2D eigenvalue weighted by molar-refractivity contribution is 5.95. The Morgan fingerprint density at radius 2 is 1.70 bits per heavy atom. The number of carbonyl (C=O) groups excluding carboxylic acids is 1. The van der Waals surface area contributed by atoms with Crippen molar-refractivity contribution in [2.24, 2.45) is 0 Å². The topological polar surface area (TPSA) is 36.1 Å². The van der Waals surface area contributed by atoms with Gasteiger partial charge in [0.1, 0.15) is 0 Å². The molecular weight excluding hydrogens is 248 g/mol. The third kappa shape index (κ3) is 1.63. The molecule has 0 bridgehead atoms. The minimum absolute atomic E-state index is 0.0966. The lowest BCUT2D eigenvalue weighted by atomic mass is 10.1. The van der Waals surface area contributed by atoms with Crippen LogP contribution in [0.3, 0.4) is 0 Å². The van der Waals surface area contributed by atoms with Crippen molar-refractivity contribution >= 4 is 16.8 Å². The Hall–Kier alpha value is -2.55. The molecule has 1 aromatic heterocycles. The number of H-pyrrole nitrogens is 1. The summed E-state index contributed by atoms with van der Waals surface area (Å²) in [5, 5.41) is 1.23. The van der Waals surface area contributed by atoms with E-state index in [2.05, 4.69) is 17.1 Å². The lowest BCUT2D eigenvalue weighted by Crippen LogP contribution is -2.25. The molecule has 1 amide bonds. The van der Waals surface area contributed by atoms with E-state index < -0.39 is 0 Å². The van der Waals surface area contributed by atoms with Crippen LogP contribution >= 0.6 is 0 Å². The lowest BCUT2D eigenvalue weighted by Gasteiger charge is -2.15. The van der Waals surface area contributed by atoms with Gasteiger partial charge in [0.15, 0.2) is 0 Å². The van der Waals surface area contributed by atoms with Crippen LogP contribution in [0.2, 0.25) is 0 Å². The van der Waals surface area contributed by atoms with E-state index in [1.807, 2.05) is 47.4 Å². The summed E-state index contributed by atoms with van der Waals surface area (Å²) >= 11 is 0. The number of nitrogens with one attached hydrogen (secondary N) is 1. The van der Waals surface area contributed by atoms with E-state index in [4.69, 9.17) is 0 Å². The minimum Gasteiger partial charge on any atom is -0.357 e. The Labute approximate surface area is 116 Å². The van der Waals surface area contributed by atoms with Crippen LogP contribution in [-0.4, -0.2) is 15.8 Å². The zero-order chi connectivity index (χ0) is 13.5. The van der Waals surface area contributed by atoms with Crippen molar-refractivity contribution in [1.82, 2.24) is 9.88 Å². The van der Waals surface area contributed by atoms with Crippen molar-refractivity contribution in [3.8, 4) is 0 Å². The number of benzene rings is 2. The molecule has 98 valence electrons. The summed E-state index contributed by atoms with van der Waals surface area (Å²) in [7, 11) is 0. The number of amides is 1. The van der Waals surface area contributed by atoms with Gasteiger partial charge in [0.25, 0.3) is 5.91 Å². The van der Waals surface area contributed by atoms with Crippen LogP contribution < -0.4 is 0 Å². The maximum atomic E-state index is 12.5. The molecule has 0 radical (unpaired) electrons. The Morgan fingerprint density at radius 1 is 0.950 bits per heavy atom. The molecule has 0 spiro atoms. The normalized spacial score (nSPS) is 13.7. The van der Waals surface area contributed by atoms with E-state index in [1.165, 1.54) is 10.9 Å². The van der Waals surface area contributed by atoms with Gasteiger partial charge in [-0.15, -0.1) is 0 Å². The molecule has 0 saturated heterocycles. The van der Waals surface area contributed by atoms with Gasteiger partial charge in [-0.1, -0.05) is 36.4 Å². The molecule has 20 heavy (non-hydrogen) atoms. The summed E-state index contributed by atoms with van der Waals surface area (Å²) in [5.74, 6) is 0.0966. The van der Waals surface area contributed by atoms with Gasteiger partial charge in [0.05, 0.1) is 6.54 Å². The molecule has 0 saturated carbocycles. The van der Waals surface area contributed by atoms with E-state index in [9.17, 15) is 4.79 Å². The van der Waals surface area contributed by atoms with E-state index in [1.54, 1.807) is 0 Å². The van der Waals surface area contributed by atoms with E-state index >= 15 is 0 Å². The van der Waals surface area contributed by atoms with Crippen LogP contribution in [0.5, 0.6) is 0 Å². The molecule has 0 aliphatic carbocycles. The van der Waals surface area contributed by atoms with Gasteiger partial charge >= 0.3 is 0 Å². The quantitative estimate of drug-likeness (QED) is 0.717. The molecule has 1 N–H and O–H groups in total. The van der Waals surface area contributed by atoms with Crippen LogP contribution in [0, 0.1) is 0 Å². The highest BCUT2D eigenvalue weighted by atomic mass is 16.2. The van der Waals surface area contributed by atoms with Crippen molar-refractivity contribution in [2.75, 3.05) is 0 Å². The van der Waals surface area contributed by atoms with Gasteiger partial charge in [-0.05, 0) is 18.2 Å². The molecule has 0 fully saturated rings. The van der Waals surface area contributed by atoms with Crippen LogP contribution in [0.25, 0.3) is 10.9 Å². The summed E-state index contributed by atoms with van der Waals surface area (Å²) in [6, 6.07) is 17.7. The van der Waals surface area contributed by atoms with Gasteiger partial charge in [0.2, 0.25) is 0 Å². The van der Waals surface area contributed by atoms with Gasteiger partial charge in [0, 0.05) is 34.3 Å². The maximum Gasteiger partial charge on any atom is 0.254 e. The van der Waals surface area contributed by atoms with Crippen LogP contribution in [0.15, 0.2) is 54.6 Å². The average molecular weight is 262 g/mol. The number of rotatable bonds is 1. The first-order chi connectivity index (χ1) is 9.83. The standard InChI is InChI=1S/C17H14N2O/c20-17(12-6-2-1-3-7-12)19-10-14-13-8-4-5-9-15(13)18-16(14)11-19/h1-9,18H,10-11H2. The highest BCUT2D eigenvalue weighted by Crippen LogP contribution is 2.30. The predicted octanol–water partition coefficient (Wildman–Crippen LogP) is 3.32. The molecule has 1 aliphatic heterocycles. The summed E-state index contributed by atoms with van der Waals surface area (Å²) in [5.41, 5.74) is 4.33. The number of carbonyl (C=O) groups is 1. The Bertz CT molecular complexity index is 789. The fourth-order valence-electron chi connectivity index (χ4n) is 2.92. The molecule has 4 rings (SSSR count). The second-order valence-electron chi connectivity index (χ2n) is 5.15. The molecule has 2 heterocycles. The van der Waals surface area contributed by atoms with Crippen LogP contribution in [0.1, 0.15) is 21.6 Å². The van der Waals surface area contributed by atoms with Crippen molar-refractivity contribution in [3.05, 3.63) is 71.4 Å². The summed E-state index contributed by atoms with van der Waals surface area (Å²) in [6.45, 7) is 1.35. The monoisotopic (exact) mass is 262 g/mol. The number of hydrogen-bond donors (Lipinski definition) is 1. The zero-order valence-corrected chi connectivity index (χ0v) is 11.0. The van der Waals surface area contributed by atoms with Crippen LogP contribution in [-0.2, 0) is 13.1 Å². The molecule has 0 unspecified atom stereocenters. The first-order valence-electron chi connectivity index (χ1n) is 6.76. The van der Waals surface area contributed by atoms with E-state index in [0.29, 0.717) is 13.1 Å². The number of para-hydroxylation sites is 1. The highest BCUT2D eigenvalue weighted by Gasteiger charge is 2.27.